The predicted molar refractivity (Wildman–Crippen MR) is 95.2 cm³/mol. The summed E-state index contributed by atoms with van der Waals surface area (Å²) in [5.41, 5.74) is 2.97. The standard InChI is InChI=1S/C19H34N2/c1-7-14-20-18(19(4,5)6)13-15-21(8-2)17-11-9-16(3)10-12-17/h9-12,18,20H,7-8,13-15H2,1-6H3. The molecule has 0 saturated heterocycles. The maximum absolute atomic E-state index is 3.72. The molecule has 1 N–H and O–H groups in total. The Bertz CT molecular complexity index is 389. The number of anilines is 1. The highest BCUT2D eigenvalue weighted by atomic mass is 15.1. The van der Waals surface area contributed by atoms with E-state index in [1.807, 2.05) is 0 Å². The molecule has 0 saturated carbocycles. The lowest BCUT2D eigenvalue weighted by molar-refractivity contribution is 0.256. The van der Waals surface area contributed by atoms with Crippen molar-refractivity contribution in [3.63, 3.8) is 0 Å². The normalized spacial score (nSPS) is 13.2. The number of nitrogens with one attached hydrogen (secondary N) is 1. The Morgan fingerprint density at radius 2 is 1.71 bits per heavy atom. The van der Waals surface area contributed by atoms with E-state index < -0.39 is 0 Å². The summed E-state index contributed by atoms with van der Waals surface area (Å²) in [7, 11) is 0. The van der Waals surface area contributed by atoms with Gasteiger partial charge in [0.15, 0.2) is 0 Å². The van der Waals surface area contributed by atoms with Gasteiger partial charge in [0.2, 0.25) is 0 Å². The third kappa shape index (κ3) is 6.09. The number of aryl methyl sites for hydroxylation is 1. The first-order valence-electron chi connectivity index (χ1n) is 8.43. The van der Waals surface area contributed by atoms with Gasteiger partial charge in [-0.3, -0.25) is 0 Å². The largest absolute Gasteiger partial charge is 0.372 e. The van der Waals surface area contributed by atoms with Crippen molar-refractivity contribution in [2.24, 2.45) is 5.41 Å². The zero-order chi connectivity index (χ0) is 15.9. The van der Waals surface area contributed by atoms with Gasteiger partial charge in [0.25, 0.3) is 0 Å². The minimum absolute atomic E-state index is 0.307. The highest BCUT2D eigenvalue weighted by Crippen LogP contribution is 2.23. The molecule has 0 bridgehead atoms. The summed E-state index contributed by atoms with van der Waals surface area (Å²) in [6, 6.07) is 9.45. The fourth-order valence-electron chi connectivity index (χ4n) is 2.67. The van der Waals surface area contributed by atoms with Gasteiger partial charge in [-0.05, 0) is 50.8 Å². The molecule has 2 nitrogen and oxygen atoms in total. The van der Waals surface area contributed by atoms with E-state index in [1.165, 1.54) is 24.1 Å². The van der Waals surface area contributed by atoms with Crippen molar-refractivity contribution in [1.82, 2.24) is 5.32 Å². The van der Waals surface area contributed by atoms with Crippen LogP contribution in [0.25, 0.3) is 0 Å². The Labute approximate surface area is 131 Å². The van der Waals surface area contributed by atoms with Crippen LogP contribution in [0.5, 0.6) is 0 Å². The van der Waals surface area contributed by atoms with Gasteiger partial charge in [-0.1, -0.05) is 45.4 Å². The van der Waals surface area contributed by atoms with Crippen molar-refractivity contribution in [2.75, 3.05) is 24.5 Å². The summed E-state index contributed by atoms with van der Waals surface area (Å²) in [4.78, 5) is 2.48. The average Bonchev–Trinajstić information content (AvgIpc) is 2.43. The van der Waals surface area contributed by atoms with E-state index in [2.05, 4.69) is 76.0 Å². The van der Waals surface area contributed by atoms with Crippen LogP contribution in [0, 0.1) is 12.3 Å². The van der Waals surface area contributed by atoms with E-state index in [0.29, 0.717) is 11.5 Å². The molecule has 0 fully saturated rings. The van der Waals surface area contributed by atoms with Crippen LogP contribution in [0.4, 0.5) is 5.69 Å². The summed E-state index contributed by atoms with van der Waals surface area (Å²) in [6.45, 7) is 16.9. The van der Waals surface area contributed by atoms with Crippen LogP contribution < -0.4 is 10.2 Å². The van der Waals surface area contributed by atoms with Crippen molar-refractivity contribution in [2.45, 2.75) is 60.4 Å². The molecule has 0 aliphatic carbocycles. The van der Waals surface area contributed by atoms with Gasteiger partial charge >= 0.3 is 0 Å². The molecule has 1 atom stereocenters. The number of rotatable bonds is 8. The van der Waals surface area contributed by atoms with Crippen LogP contribution in [-0.4, -0.2) is 25.7 Å². The van der Waals surface area contributed by atoms with Crippen LogP contribution in [0.2, 0.25) is 0 Å². The number of hydrogen-bond acceptors (Lipinski definition) is 2. The van der Waals surface area contributed by atoms with Crippen LogP contribution in [0.3, 0.4) is 0 Å². The summed E-state index contributed by atoms with van der Waals surface area (Å²) >= 11 is 0. The van der Waals surface area contributed by atoms with Crippen molar-refractivity contribution in [3.05, 3.63) is 29.8 Å². The highest BCUT2D eigenvalue weighted by Gasteiger charge is 2.24. The maximum Gasteiger partial charge on any atom is 0.0366 e. The SMILES string of the molecule is CCCNC(CCN(CC)c1ccc(C)cc1)C(C)(C)C. The Hall–Kier alpha value is -1.02. The fourth-order valence-corrected chi connectivity index (χ4v) is 2.67. The fraction of sp³-hybridized carbons (Fsp3) is 0.684. The second-order valence-corrected chi connectivity index (χ2v) is 7.08. The molecule has 0 spiro atoms. The summed E-state index contributed by atoms with van der Waals surface area (Å²) < 4.78 is 0. The Balaban J connectivity index is 2.65. The summed E-state index contributed by atoms with van der Waals surface area (Å²) in [6.07, 6.45) is 2.38. The second-order valence-electron chi connectivity index (χ2n) is 7.08. The molecule has 1 unspecified atom stereocenters. The van der Waals surface area contributed by atoms with Crippen LogP contribution in [0.1, 0.15) is 53.0 Å². The first-order chi connectivity index (χ1) is 9.88. The molecule has 0 aromatic heterocycles. The average molecular weight is 290 g/mol. The van der Waals surface area contributed by atoms with E-state index in [9.17, 15) is 0 Å². The smallest absolute Gasteiger partial charge is 0.0366 e. The monoisotopic (exact) mass is 290 g/mol. The molecule has 0 amide bonds. The van der Waals surface area contributed by atoms with Gasteiger partial charge in [0.05, 0.1) is 0 Å². The molecule has 1 aromatic rings. The minimum atomic E-state index is 0.307. The first kappa shape index (κ1) is 18.0. The van der Waals surface area contributed by atoms with Crippen molar-refractivity contribution >= 4 is 5.69 Å². The minimum Gasteiger partial charge on any atom is -0.372 e. The summed E-state index contributed by atoms with van der Waals surface area (Å²) in [5, 5.41) is 3.72. The lowest BCUT2D eigenvalue weighted by atomic mass is 9.84. The van der Waals surface area contributed by atoms with Gasteiger partial charge in [0, 0.05) is 24.8 Å². The van der Waals surface area contributed by atoms with Gasteiger partial charge in [-0.15, -0.1) is 0 Å². The summed E-state index contributed by atoms with van der Waals surface area (Å²) in [5.74, 6) is 0. The molecule has 21 heavy (non-hydrogen) atoms. The Morgan fingerprint density at radius 3 is 2.19 bits per heavy atom. The first-order valence-corrected chi connectivity index (χ1v) is 8.43. The van der Waals surface area contributed by atoms with E-state index in [4.69, 9.17) is 0 Å². The van der Waals surface area contributed by atoms with E-state index >= 15 is 0 Å². The van der Waals surface area contributed by atoms with E-state index in [1.54, 1.807) is 0 Å². The number of benzene rings is 1. The van der Waals surface area contributed by atoms with Gasteiger partial charge in [-0.25, -0.2) is 0 Å². The second kappa shape index (κ2) is 8.43. The Kier molecular flexibility index (Phi) is 7.24. The molecular weight excluding hydrogens is 256 g/mol. The van der Waals surface area contributed by atoms with Crippen LogP contribution >= 0.6 is 0 Å². The molecule has 2 heteroatoms. The van der Waals surface area contributed by atoms with Crippen molar-refractivity contribution < 1.29 is 0 Å². The van der Waals surface area contributed by atoms with E-state index in [0.717, 1.165) is 19.6 Å². The zero-order valence-electron chi connectivity index (χ0n) is 14.9. The molecular formula is C19H34N2. The molecule has 0 radical (unpaired) electrons. The number of nitrogens with zero attached hydrogens (tertiary/aromatic N) is 1. The zero-order valence-corrected chi connectivity index (χ0v) is 14.9. The molecule has 0 aliphatic rings. The third-order valence-corrected chi connectivity index (χ3v) is 4.15. The lowest BCUT2D eigenvalue weighted by Gasteiger charge is -2.34. The molecule has 1 aromatic carbocycles. The Morgan fingerprint density at radius 1 is 1.10 bits per heavy atom. The molecule has 0 aliphatic heterocycles. The predicted octanol–water partition coefficient (Wildman–Crippen LogP) is 4.63. The van der Waals surface area contributed by atoms with Gasteiger partial charge < -0.3 is 10.2 Å². The quantitative estimate of drug-likeness (QED) is 0.751. The molecule has 1 rings (SSSR count). The topological polar surface area (TPSA) is 15.3 Å². The van der Waals surface area contributed by atoms with Crippen molar-refractivity contribution in [3.8, 4) is 0 Å². The van der Waals surface area contributed by atoms with Gasteiger partial charge in [0.1, 0.15) is 0 Å². The number of hydrogen-bond donors (Lipinski definition) is 1. The molecule has 120 valence electrons. The van der Waals surface area contributed by atoms with E-state index in [-0.39, 0.29) is 0 Å². The lowest BCUT2D eigenvalue weighted by Crippen LogP contribution is -2.43. The van der Waals surface area contributed by atoms with Crippen LogP contribution in [-0.2, 0) is 0 Å². The highest BCUT2D eigenvalue weighted by molar-refractivity contribution is 5.47. The van der Waals surface area contributed by atoms with Crippen molar-refractivity contribution in [1.29, 1.82) is 0 Å². The third-order valence-electron chi connectivity index (χ3n) is 4.15. The molecule has 0 heterocycles. The van der Waals surface area contributed by atoms with Crippen LogP contribution in [0.15, 0.2) is 24.3 Å². The van der Waals surface area contributed by atoms with Gasteiger partial charge in [-0.2, -0.15) is 0 Å². The maximum atomic E-state index is 3.72.